The van der Waals surface area contributed by atoms with Crippen molar-refractivity contribution >= 4 is 11.9 Å². The zero-order valence-corrected chi connectivity index (χ0v) is 13.8. The molecule has 0 saturated carbocycles. The van der Waals surface area contributed by atoms with Gasteiger partial charge in [0.15, 0.2) is 0 Å². The standard InChI is InChI=1S/C15H30N2O3/c1-13(2,3)9-10(16)8-11(18)17-15(6,7)14(4,5)12(19)20/h10H,8-9,16H2,1-7H3,(H,17,18)(H,19,20). The molecule has 5 nitrogen and oxygen atoms in total. The minimum absolute atomic E-state index is 0.0650. The Kier molecular flexibility index (Phi) is 5.78. The fourth-order valence-corrected chi connectivity index (χ4v) is 1.92. The van der Waals surface area contributed by atoms with E-state index in [1.807, 2.05) is 0 Å². The second-order valence-corrected chi connectivity index (χ2v) is 7.83. The Balaban J connectivity index is 4.65. The second kappa shape index (κ2) is 6.12. The van der Waals surface area contributed by atoms with Gasteiger partial charge in [0.1, 0.15) is 0 Å². The number of hydrogen-bond donors (Lipinski definition) is 3. The maximum Gasteiger partial charge on any atom is 0.311 e. The summed E-state index contributed by atoms with van der Waals surface area (Å²) in [7, 11) is 0. The molecule has 0 bridgehead atoms. The largest absolute Gasteiger partial charge is 0.481 e. The van der Waals surface area contributed by atoms with Gasteiger partial charge in [0.2, 0.25) is 5.91 Å². The van der Waals surface area contributed by atoms with Crippen molar-refractivity contribution in [3.05, 3.63) is 0 Å². The Morgan fingerprint density at radius 1 is 1.10 bits per heavy atom. The van der Waals surface area contributed by atoms with E-state index < -0.39 is 16.9 Å². The van der Waals surface area contributed by atoms with Crippen LogP contribution in [0.4, 0.5) is 0 Å². The van der Waals surface area contributed by atoms with Crippen LogP contribution in [-0.2, 0) is 9.59 Å². The summed E-state index contributed by atoms with van der Waals surface area (Å²) in [6, 6.07) is -0.223. The highest BCUT2D eigenvalue weighted by Crippen LogP contribution is 2.31. The van der Waals surface area contributed by atoms with E-state index in [1.165, 1.54) is 0 Å². The van der Waals surface area contributed by atoms with Gasteiger partial charge in [-0.1, -0.05) is 20.8 Å². The number of nitrogens with one attached hydrogen (secondary N) is 1. The fraction of sp³-hybridized carbons (Fsp3) is 0.867. The Bertz CT molecular complexity index is 368. The van der Waals surface area contributed by atoms with Crippen LogP contribution in [-0.4, -0.2) is 28.6 Å². The van der Waals surface area contributed by atoms with Gasteiger partial charge in [-0.3, -0.25) is 9.59 Å². The number of aliphatic carboxylic acids is 1. The summed E-state index contributed by atoms with van der Waals surface area (Å²) in [5, 5.41) is 12.0. The molecule has 118 valence electrons. The van der Waals surface area contributed by atoms with Gasteiger partial charge in [-0.25, -0.2) is 0 Å². The number of amides is 1. The molecule has 0 aromatic rings. The smallest absolute Gasteiger partial charge is 0.311 e. The first-order valence-electron chi connectivity index (χ1n) is 6.99. The average Bonchev–Trinajstić information content (AvgIpc) is 2.11. The highest BCUT2D eigenvalue weighted by Gasteiger charge is 2.44. The van der Waals surface area contributed by atoms with Crippen molar-refractivity contribution in [1.82, 2.24) is 5.32 Å². The van der Waals surface area contributed by atoms with Crippen molar-refractivity contribution in [2.75, 3.05) is 0 Å². The van der Waals surface area contributed by atoms with Crippen LogP contribution >= 0.6 is 0 Å². The molecule has 0 aliphatic rings. The molecule has 0 saturated heterocycles. The van der Waals surface area contributed by atoms with Crippen molar-refractivity contribution in [1.29, 1.82) is 0 Å². The number of rotatable bonds is 6. The van der Waals surface area contributed by atoms with E-state index in [0.717, 1.165) is 6.42 Å². The molecule has 0 fully saturated rings. The average molecular weight is 286 g/mol. The van der Waals surface area contributed by atoms with E-state index in [1.54, 1.807) is 27.7 Å². The third kappa shape index (κ3) is 5.49. The molecular formula is C15H30N2O3. The Morgan fingerprint density at radius 3 is 1.90 bits per heavy atom. The van der Waals surface area contributed by atoms with Gasteiger partial charge < -0.3 is 16.2 Å². The van der Waals surface area contributed by atoms with Crippen LogP contribution in [0.3, 0.4) is 0 Å². The first kappa shape index (κ1) is 18.9. The van der Waals surface area contributed by atoms with Crippen LogP contribution in [0.2, 0.25) is 0 Å². The van der Waals surface area contributed by atoms with Crippen LogP contribution < -0.4 is 11.1 Å². The lowest BCUT2D eigenvalue weighted by Gasteiger charge is -2.39. The van der Waals surface area contributed by atoms with Crippen LogP contribution in [0.5, 0.6) is 0 Å². The maximum absolute atomic E-state index is 12.0. The Morgan fingerprint density at radius 2 is 1.55 bits per heavy atom. The molecule has 1 amide bonds. The third-order valence-corrected chi connectivity index (χ3v) is 3.87. The number of carbonyl (C=O) groups is 2. The molecule has 0 spiro atoms. The third-order valence-electron chi connectivity index (χ3n) is 3.87. The summed E-state index contributed by atoms with van der Waals surface area (Å²) < 4.78 is 0. The van der Waals surface area contributed by atoms with Gasteiger partial charge in [-0.15, -0.1) is 0 Å². The number of carboxylic acids is 1. The Labute approximate surface area is 122 Å². The molecule has 0 aromatic carbocycles. The lowest BCUT2D eigenvalue weighted by Crippen LogP contribution is -2.57. The van der Waals surface area contributed by atoms with Crippen molar-refractivity contribution in [3.8, 4) is 0 Å². The summed E-state index contributed by atoms with van der Waals surface area (Å²) in [6.45, 7) is 12.9. The van der Waals surface area contributed by atoms with Crippen molar-refractivity contribution in [2.24, 2.45) is 16.6 Å². The van der Waals surface area contributed by atoms with E-state index in [2.05, 4.69) is 26.1 Å². The van der Waals surface area contributed by atoms with E-state index in [9.17, 15) is 14.7 Å². The van der Waals surface area contributed by atoms with Gasteiger partial charge in [0.05, 0.1) is 5.41 Å². The number of carboxylic acid groups (broad SMARTS) is 1. The van der Waals surface area contributed by atoms with Crippen LogP contribution in [0, 0.1) is 10.8 Å². The first-order valence-corrected chi connectivity index (χ1v) is 6.99. The lowest BCUT2D eigenvalue weighted by molar-refractivity contribution is -0.151. The van der Waals surface area contributed by atoms with Crippen LogP contribution in [0.15, 0.2) is 0 Å². The summed E-state index contributed by atoms with van der Waals surface area (Å²) in [5.41, 5.74) is 4.13. The van der Waals surface area contributed by atoms with Crippen molar-refractivity contribution in [2.45, 2.75) is 72.9 Å². The Hall–Kier alpha value is -1.10. The highest BCUT2D eigenvalue weighted by atomic mass is 16.4. The summed E-state index contributed by atoms with van der Waals surface area (Å²) in [6.07, 6.45) is 0.944. The van der Waals surface area contributed by atoms with Crippen molar-refractivity contribution in [3.63, 3.8) is 0 Å². The second-order valence-electron chi connectivity index (χ2n) is 7.83. The van der Waals surface area contributed by atoms with Crippen molar-refractivity contribution < 1.29 is 14.7 Å². The van der Waals surface area contributed by atoms with Gasteiger partial charge in [0, 0.05) is 18.0 Å². The highest BCUT2D eigenvalue weighted by molar-refractivity contribution is 5.81. The summed E-state index contributed by atoms with van der Waals surface area (Å²) in [5.74, 6) is -1.15. The van der Waals surface area contributed by atoms with E-state index in [0.29, 0.717) is 0 Å². The molecule has 0 heterocycles. The van der Waals surface area contributed by atoms with Crippen LogP contribution in [0.1, 0.15) is 61.3 Å². The quantitative estimate of drug-likeness (QED) is 0.697. The molecule has 4 N–H and O–H groups in total. The predicted octanol–water partition coefficient (Wildman–Crippen LogP) is 2.15. The first-order chi connectivity index (χ1) is 8.69. The number of carbonyl (C=O) groups excluding carboxylic acids is 1. The predicted molar refractivity (Wildman–Crippen MR) is 80.3 cm³/mol. The topological polar surface area (TPSA) is 92.4 Å². The zero-order chi connectivity index (χ0) is 16.4. The number of hydrogen-bond acceptors (Lipinski definition) is 3. The van der Waals surface area contributed by atoms with Gasteiger partial charge in [0.25, 0.3) is 0 Å². The molecule has 0 rings (SSSR count). The summed E-state index contributed by atoms with van der Waals surface area (Å²) in [4.78, 5) is 23.3. The molecule has 0 aliphatic carbocycles. The molecule has 1 atom stereocenters. The molecular weight excluding hydrogens is 256 g/mol. The molecule has 0 aromatic heterocycles. The van der Waals surface area contributed by atoms with E-state index in [4.69, 9.17) is 5.73 Å². The fourth-order valence-electron chi connectivity index (χ4n) is 1.92. The molecule has 5 heteroatoms. The summed E-state index contributed by atoms with van der Waals surface area (Å²) >= 11 is 0. The van der Waals surface area contributed by atoms with Gasteiger partial charge in [-0.2, -0.15) is 0 Å². The molecule has 0 radical (unpaired) electrons. The lowest BCUT2D eigenvalue weighted by atomic mass is 9.74. The zero-order valence-electron chi connectivity index (χ0n) is 13.8. The van der Waals surface area contributed by atoms with Crippen LogP contribution in [0.25, 0.3) is 0 Å². The maximum atomic E-state index is 12.0. The molecule has 1 unspecified atom stereocenters. The SMILES string of the molecule is CC(C)(C)CC(N)CC(=O)NC(C)(C)C(C)(C)C(=O)O. The molecule has 0 aliphatic heterocycles. The monoisotopic (exact) mass is 286 g/mol. The number of nitrogens with two attached hydrogens (primary N) is 1. The van der Waals surface area contributed by atoms with Gasteiger partial charge >= 0.3 is 5.97 Å². The molecule has 20 heavy (non-hydrogen) atoms. The van der Waals surface area contributed by atoms with E-state index in [-0.39, 0.29) is 23.8 Å². The van der Waals surface area contributed by atoms with E-state index >= 15 is 0 Å². The normalized spacial score (nSPS) is 14.8. The van der Waals surface area contributed by atoms with Gasteiger partial charge in [-0.05, 0) is 39.5 Å². The minimum Gasteiger partial charge on any atom is -0.481 e. The minimum atomic E-state index is -1.06.